The maximum atomic E-state index is 12.6. The number of ether oxygens (including phenoxy) is 2. The predicted molar refractivity (Wildman–Crippen MR) is 95.4 cm³/mol. The zero-order valence-corrected chi connectivity index (χ0v) is 15.1. The summed E-state index contributed by atoms with van der Waals surface area (Å²) in [5, 5.41) is 6.30. The van der Waals surface area contributed by atoms with Gasteiger partial charge < -0.3 is 20.1 Å². The van der Waals surface area contributed by atoms with E-state index >= 15 is 0 Å². The van der Waals surface area contributed by atoms with E-state index in [4.69, 9.17) is 9.47 Å². The molecule has 0 atom stereocenters. The molecule has 0 bridgehead atoms. The van der Waals surface area contributed by atoms with Gasteiger partial charge in [-0.2, -0.15) is 0 Å². The molecule has 0 saturated carbocycles. The first-order valence-electron chi connectivity index (χ1n) is 8.78. The molecule has 0 unspecified atom stereocenters. The second-order valence-corrected chi connectivity index (χ2v) is 6.79. The third-order valence-electron chi connectivity index (χ3n) is 4.67. The Morgan fingerprint density at radius 3 is 2.50 bits per heavy atom. The van der Waals surface area contributed by atoms with Gasteiger partial charge in [-0.15, -0.1) is 0 Å². The number of amides is 1. The molecule has 1 fully saturated rings. The fourth-order valence-corrected chi connectivity index (χ4v) is 3.09. The molecule has 1 aliphatic rings. The van der Waals surface area contributed by atoms with Crippen molar-refractivity contribution < 1.29 is 14.3 Å². The van der Waals surface area contributed by atoms with Crippen LogP contribution in [0.4, 0.5) is 0 Å². The Balaban J connectivity index is 1.77. The molecule has 24 heavy (non-hydrogen) atoms. The molecule has 5 heteroatoms. The Kier molecular flexibility index (Phi) is 7.06. The van der Waals surface area contributed by atoms with E-state index in [1.807, 2.05) is 12.1 Å². The highest BCUT2D eigenvalue weighted by Crippen LogP contribution is 2.29. The van der Waals surface area contributed by atoms with Crippen LogP contribution >= 0.6 is 0 Å². The van der Waals surface area contributed by atoms with Crippen LogP contribution in [0.25, 0.3) is 0 Å². The standard InChI is InChI=1S/C19H30N2O3/c1-15(2)16-4-6-17(7-5-16)24-13-12-21-18(22)19(14-23-3)8-10-20-11-9-19/h4-7,15,20H,8-14H2,1-3H3,(H,21,22). The molecule has 0 aromatic heterocycles. The fraction of sp³-hybridized carbons (Fsp3) is 0.632. The number of hydrogen-bond donors (Lipinski definition) is 2. The van der Waals surface area contributed by atoms with Crippen LogP contribution in [0.15, 0.2) is 24.3 Å². The third kappa shape index (κ3) is 4.95. The van der Waals surface area contributed by atoms with E-state index in [0.717, 1.165) is 31.7 Å². The molecule has 5 nitrogen and oxygen atoms in total. The van der Waals surface area contributed by atoms with Crippen LogP contribution in [-0.2, 0) is 9.53 Å². The van der Waals surface area contributed by atoms with Crippen LogP contribution in [0.5, 0.6) is 5.75 Å². The van der Waals surface area contributed by atoms with Crippen molar-refractivity contribution in [3.05, 3.63) is 29.8 Å². The van der Waals surface area contributed by atoms with Crippen molar-refractivity contribution in [2.45, 2.75) is 32.6 Å². The maximum absolute atomic E-state index is 12.6. The van der Waals surface area contributed by atoms with Gasteiger partial charge >= 0.3 is 0 Å². The summed E-state index contributed by atoms with van der Waals surface area (Å²) in [5.41, 5.74) is 0.891. The number of hydrogen-bond acceptors (Lipinski definition) is 4. The van der Waals surface area contributed by atoms with Crippen molar-refractivity contribution in [1.82, 2.24) is 10.6 Å². The lowest BCUT2D eigenvalue weighted by Crippen LogP contribution is -2.50. The van der Waals surface area contributed by atoms with Gasteiger partial charge in [-0.05, 0) is 49.5 Å². The molecule has 1 heterocycles. The Labute approximate surface area is 145 Å². The zero-order chi connectivity index (χ0) is 17.4. The number of carbonyl (C=O) groups excluding carboxylic acids is 1. The Morgan fingerprint density at radius 1 is 1.25 bits per heavy atom. The minimum Gasteiger partial charge on any atom is -0.492 e. The van der Waals surface area contributed by atoms with E-state index in [-0.39, 0.29) is 5.91 Å². The number of methoxy groups -OCH3 is 1. The van der Waals surface area contributed by atoms with E-state index in [1.54, 1.807) is 7.11 Å². The lowest BCUT2D eigenvalue weighted by molar-refractivity contribution is -0.136. The molecular weight excluding hydrogens is 304 g/mol. The molecule has 1 saturated heterocycles. The Morgan fingerprint density at radius 2 is 1.92 bits per heavy atom. The van der Waals surface area contributed by atoms with Crippen LogP contribution in [0.3, 0.4) is 0 Å². The minimum atomic E-state index is -0.404. The van der Waals surface area contributed by atoms with Crippen molar-refractivity contribution >= 4 is 5.91 Å². The monoisotopic (exact) mass is 334 g/mol. The van der Waals surface area contributed by atoms with Crippen LogP contribution in [0, 0.1) is 5.41 Å². The average Bonchev–Trinajstić information content (AvgIpc) is 2.60. The molecule has 134 valence electrons. The van der Waals surface area contributed by atoms with E-state index in [0.29, 0.717) is 25.7 Å². The molecule has 1 aromatic rings. The van der Waals surface area contributed by atoms with Gasteiger partial charge in [-0.3, -0.25) is 4.79 Å². The third-order valence-corrected chi connectivity index (χ3v) is 4.67. The predicted octanol–water partition coefficient (Wildman–Crippen LogP) is 2.32. The molecule has 0 aliphatic carbocycles. The Bertz CT molecular complexity index is 502. The van der Waals surface area contributed by atoms with Crippen LogP contribution in [-0.4, -0.2) is 45.9 Å². The number of benzene rings is 1. The average molecular weight is 334 g/mol. The summed E-state index contributed by atoms with van der Waals surface area (Å²) in [4.78, 5) is 12.6. The molecule has 2 rings (SSSR count). The second-order valence-electron chi connectivity index (χ2n) is 6.79. The molecular formula is C19H30N2O3. The summed E-state index contributed by atoms with van der Waals surface area (Å²) < 4.78 is 11.0. The number of piperidine rings is 1. The first kappa shape index (κ1) is 18.7. The summed E-state index contributed by atoms with van der Waals surface area (Å²) in [6, 6.07) is 8.13. The van der Waals surface area contributed by atoms with Gasteiger partial charge in [-0.25, -0.2) is 0 Å². The van der Waals surface area contributed by atoms with Gasteiger partial charge in [0, 0.05) is 7.11 Å². The van der Waals surface area contributed by atoms with Gasteiger partial charge in [0.1, 0.15) is 12.4 Å². The smallest absolute Gasteiger partial charge is 0.228 e. The molecule has 0 spiro atoms. The molecule has 1 aromatic carbocycles. The van der Waals surface area contributed by atoms with Crippen LogP contribution in [0.1, 0.15) is 38.2 Å². The van der Waals surface area contributed by atoms with Gasteiger partial charge in [0.05, 0.1) is 18.6 Å². The van der Waals surface area contributed by atoms with Gasteiger partial charge in [0.2, 0.25) is 5.91 Å². The van der Waals surface area contributed by atoms with E-state index in [2.05, 4.69) is 36.6 Å². The van der Waals surface area contributed by atoms with Crippen molar-refractivity contribution in [1.29, 1.82) is 0 Å². The maximum Gasteiger partial charge on any atom is 0.228 e. The largest absolute Gasteiger partial charge is 0.492 e. The quantitative estimate of drug-likeness (QED) is 0.716. The topological polar surface area (TPSA) is 59.6 Å². The lowest BCUT2D eigenvalue weighted by Gasteiger charge is -2.35. The minimum absolute atomic E-state index is 0.0737. The zero-order valence-electron chi connectivity index (χ0n) is 15.1. The molecule has 1 aliphatic heterocycles. The highest BCUT2D eigenvalue weighted by molar-refractivity contribution is 5.83. The summed E-state index contributed by atoms with van der Waals surface area (Å²) in [7, 11) is 1.65. The van der Waals surface area contributed by atoms with E-state index in [1.165, 1.54) is 5.56 Å². The SMILES string of the molecule is COCC1(C(=O)NCCOc2ccc(C(C)C)cc2)CCNCC1. The number of rotatable bonds is 8. The summed E-state index contributed by atoms with van der Waals surface area (Å²) in [6.45, 7) is 7.49. The summed E-state index contributed by atoms with van der Waals surface area (Å²) >= 11 is 0. The van der Waals surface area contributed by atoms with Crippen LogP contribution in [0.2, 0.25) is 0 Å². The normalized spacial score (nSPS) is 16.8. The first-order chi connectivity index (χ1) is 11.6. The first-order valence-corrected chi connectivity index (χ1v) is 8.78. The van der Waals surface area contributed by atoms with Crippen molar-refractivity contribution in [3.63, 3.8) is 0 Å². The van der Waals surface area contributed by atoms with Crippen molar-refractivity contribution in [2.75, 3.05) is 40.0 Å². The van der Waals surface area contributed by atoms with Gasteiger partial charge in [0.25, 0.3) is 0 Å². The molecule has 2 N–H and O–H groups in total. The van der Waals surface area contributed by atoms with Gasteiger partial charge in [-0.1, -0.05) is 26.0 Å². The lowest BCUT2D eigenvalue weighted by atomic mass is 9.78. The molecule has 0 radical (unpaired) electrons. The number of nitrogens with one attached hydrogen (secondary N) is 2. The summed E-state index contributed by atoms with van der Waals surface area (Å²) in [6.07, 6.45) is 1.62. The number of carbonyl (C=O) groups is 1. The van der Waals surface area contributed by atoms with E-state index in [9.17, 15) is 4.79 Å². The van der Waals surface area contributed by atoms with Crippen LogP contribution < -0.4 is 15.4 Å². The van der Waals surface area contributed by atoms with Crippen molar-refractivity contribution in [2.24, 2.45) is 5.41 Å². The van der Waals surface area contributed by atoms with Crippen molar-refractivity contribution in [3.8, 4) is 5.75 Å². The Hall–Kier alpha value is -1.59. The molecule has 1 amide bonds. The fourth-order valence-electron chi connectivity index (χ4n) is 3.09. The highest BCUT2D eigenvalue weighted by Gasteiger charge is 2.39. The van der Waals surface area contributed by atoms with Gasteiger partial charge in [0.15, 0.2) is 0 Å². The second kappa shape index (κ2) is 9.04. The summed E-state index contributed by atoms with van der Waals surface area (Å²) in [5.74, 6) is 1.42. The van der Waals surface area contributed by atoms with E-state index < -0.39 is 5.41 Å². The highest BCUT2D eigenvalue weighted by atomic mass is 16.5.